The first-order valence-electron chi connectivity index (χ1n) is 7.33. The van der Waals surface area contributed by atoms with Gasteiger partial charge in [0.15, 0.2) is 0 Å². The summed E-state index contributed by atoms with van der Waals surface area (Å²) in [6.45, 7) is 6.95. The highest BCUT2D eigenvalue weighted by atomic mass is 32.2. The molecule has 1 aliphatic heterocycles. The minimum Gasteiger partial charge on any atom is -0.398 e. The lowest BCUT2D eigenvalue weighted by atomic mass is 10.0. The summed E-state index contributed by atoms with van der Waals surface area (Å²) in [4.78, 5) is 0.164. The van der Waals surface area contributed by atoms with Gasteiger partial charge in [-0.2, -0.15) is 0 Å². The number of aryl methyl sites for hydroxylation is 2. The van der Waals surface area contributed by atoms with E-state index < -0.39 is 10.0 Å². The Balaban J connectivity index is 2.14. The zero-order valence-corrected chi connectivity index (χ0v) is 13.7. The molecule has 0 spiro atoms. The molecule has 0 bridgehead atoms. The summed E-state index contributed by atoms with van der Waals surface area (Å²) in [5.41, 5.74) is 8.07. The van der Waals surface area contributed by atoms with Crippen LogP contribution in [0.25, 0.3) is 0 Å². The standard InChI is InChI=1S/C15H24N2O3S/c1-4-14-12(5-6-20-14)9-17-21(18,19)15-8-11(3)10(2)7-13(15)16/h7-8,12,14,17H,4-6,9,16H2,1-3H3. The summed E-state index contributed by atoms with van der Waals surface area (Å²) in [5, 5.41) is 0. The van der Waals surface area contributed by atoms with Crippen molar-refractivity contribution in [2.24, 2.45) is 5.92 Å². The number of sulfonamides is 1. The Morgan fingerprint density at radius 2 is 2.00 bits per heavy atom. The molecular weight excluding hydrogens is 288 g/mol. The fraction of sp³-hybridized carbons (Fsp3) is 0.600. The Bertz CT molecular complexity index is 614. The van der Waals surface area contributed by atoms with Gasteiger partial charge in [-0.3, -0.25) is 0 Å². The van der Waals surface area contributed by atoms with Crippen molar-refractivity contribution in [3.63, 3.8) is 0 Å². The molecule has 21 heavy (non-hydrogen) atoms. The Morgan fingerprint density at radius 1 is 1.33 bits per heavy atom. The average Bonchev–Trinajstić information content (AvgIpc) is 2.88. The van der Waals surface area contributed by atoms with Gasteiger partial charge in [-0.25, -0.2) is 13.1 Å². The zero-order valence-electron chi connectivity index (χ0n) is 12.8. The molecule has 2 atom stereocenters. The summed E-state index contributed by atoms with van der Waals surface area (Å²) >= 11 is 0. The molecule has 1 saturated heterocycles. The monoisotopic (exact) mass is 312 g/mol. The number of anilines is 1. The molecule has 118 valence electrons. The Morgan fingerprint density at radius 3 is 2.67 bits per heavy atom. The smallest absolute Gasteiger partial charge is 0.242 e. The molecule has 1 aromatic rings. The normalized spacial score (nSPS) is 22.6. The zero-order chi connectivity index (χ0) is 15.6. The van der Waals surface area contributed by atoms with Crippen LogP contribution in [0, 0.1) is 19.8 Å². The average molecular weight is 312 g/mol. The third kappa shape index (κ3) is 3.56. The second-order valence-corrected chi connectivity index (χ2v) is 7.43. The van der Waals surface area contributed by atoms with E-state index >= 15 is 0 Å². The number of hydrogen-bond donors (Lipinski definition) is 2. The Hall–Kier alpha value is -1.11. The second-order valence-electron chi connectivity index (χ2n) is 5.69. The van der Waals surface area contributed by atoms with Crippen LogP contribution < -0.4 is 10.5 Å². The van der Waals surface area contributed by atoms with Gasteiger partial charge in [0.1, 0.15) is 4.90 Å². The second kappa shape index (κ2) is 6.34. The lowest BCUT2D eigenvalue weighted by Gasteiger charge is -2.18. The van der Waals surface area contributed by atoms with Gasteiger partial charge >= 0.3 is 0 Å². The topological polar surface area (TPSA) is 81.4 Å². The maximum atomic E-state index is 12.4. The lowest BCUT2D eigenvalue weighted by molar-refractivity contribution is 0.0884. The molecular formula is C15H24N2O3S. The van der Waals surface area contributed by atoms with Crippen molar-refractivity contribution in [2.45, 2.75) is 44.6 Å². The number of nitrogen functional groups attached to an aromatic ring is 1. The summed E-state index contributed by atoms with van der Waals surface area (Å²) in [5.74, 6) is 0.234. The Kier molecular flexibility index (Phi) is 4.91. The minimum atomic E-state index is -3.58. The molecule has 0 saturated carbocycles. The quantitative estimate of drug-likeness (QED) is 0.815. The first kappa shape index (κ1) is 16.3. The summed E-state index contributed by atoms with van der Waals surface area (Å²) in [6.07, 6.45) is 1.94. The van der Waals surface area contributed by atoms with E-state index in [9.17, 15) is 8.42 Å². The van der Waals surface area contributed by atoms with E-state index in [1.807, 2.05) is 13.8 Å². The van der Waals surface area contributed by atoms with Gasteiger partial charge in [-0.1, -0.05) is 6.92 Å². The van der Waals surface area contributed by atoms with Crippen molar-refractivity contribution in [1.29, 1.82) is 0 Å². The van der Waals surface area contributed by atoms with E-state index in [0.717, 1.165) is 24.0 Å². The van der Waals surface area contributed by atoms with E-state index in [1.54, 1.807) is 12.1 Å². The molecule has 1 aromatic carbocycles. The van der Waals surface area contributed by atoms with Crippen LogP contribution in [0.2, 0.25) is 0 Å². The molecule has 3 N–H and O–H groups in total. The number of rotatable bonds is 5. The fourth-order valence-corrected chi connectivity index (χ4v) is 4.01. The number of hydrogen-bond acceptors (Lipinski definition) is 4. The maximum Gasteiger partial charge on any atom is 0.242 e. The molecule has 0 aliphatic carbocycles. The summed E-state index contributed by atoms with van der Waals surface area (Å²) in [7, 11) is -3.58. The summed E-state index contributed by atoms with van der Waals surface area (Å²) in [6, 6.07) is 3.34. The minimum absolute atomic E-state index is 0.143. The first-order chi connectivity index (χ1) is 9.85. The molecule has 0 aromatic heterocycles. The first-order valence-corrected chi connectivity index (χ1v) is 8.81. The number of benzene rings is 1. The predicted molar refractivity (Wildman–Crippen MR) is 83.7 cm³/mol. The molecule has 0 amide bonds. The van der Waals surface area contributed by atoms with Crippen molar-refractivity contribution in [3.8, 4) is 0 Å². The van der Waals surface area contributed by atoms with Crippen molar-refractivity contribution < 1.29 is 13.2 Å². The highest BCUT2D eigenvalue weighted by molar-refractivity contribution is 7.89. The van der Waals surface area contributed by atoms with Gasteiger partial charge in [0, 0.05) is 19.1 Å². The van der Waals surface area contributed by atoms with E-state index in [0.29, 0.717) is 18.8 Å². The number of nitrogens with one attached hydrogen (secondary N) is 1. The SMILES string of the molecule is CCC1OCCC1CNS(=O)(=O)c1cc(C)c(C)cc1N. The molecule has 6 heteroatoms. The highest BCUT2D eigenvalue weighted by Gasteiger charge is 2.28. The maximum absolute atomic E-state index is 12.4. The molecule has 2 unspecified atom stereocenters. The molecule has 0 radical (unpaired) electrons. The lowest BCUT2D eigenvalue weighted by Crippen LogP contribution is -2.33. The third-order valence-electron chi connectivity index (χ3n) is 4.20. The highest BCUT2D eigenvalue weighted by Crippen LogP contribution is 2.25. The van der Waals surface area contributed by atoms with Crippen LogP contribution >= 0.6 is 0 Å². The van der Waals surface area contributed by atoms with Crippen molar-refractivity contribution >= 4 is 15.7 Å². The summed E-state index contributed by atoms with van der Waals surface area (Å²) < 4.78 is 33.1. The van der Waals surface area contributed by atoms with Crippen LogP contribution in [-0.2, 0) is 14.8 Å². The predicted octanol–water partition coefficient (Wildman–Crippen LogP) is 1.98. The number of nitrogens with two attached hydrogens (primary N) is 1. The van der Waals surface area contributed by atoms with Gasteiger partial charge in [0.2, 0.25) is 10.0 Å². The van der Waals surface area contributed by atoms with E-state index in [-0.39, 0.29) is 16.9 Å². The van der Waals surface area contributed by atoms with Crippen molar-refractivity contribution in [3.05, 3.63) is 23.3 Å². The van der Waals surface area contributed by atoms with Crippen molar-refractivity contribution in [2.75, 3.05) is 18.9 Å². The van der Waals surface area contributed by atoms with Crippen LogP contribution in [0.4, 0.5) is 5.69 Å². The van der Waals surface area contributed by atoms with E-state index in [2.05, 4.69) is 11.6 Å². The van der Waals surface area contributed by atoms with Gasteiger partial charge in [-0.15, -0.1) is 0 Å². The van der Waals surface area contributed by atoms with Crippen LogP contribution in [0.5, 0.6) is 0 Å². The van der Waals surface area contributed by atoms with Gasteiger partial charge < -0.3 is 10.5 Å². The molecule has 1 fully saturated rings. The van der Waals surface area contributed by atoms with Gasteiger partial charge in [-0.05, 0) is 49.9 Å². The van der Waals surface area contributed by atoms with Crippen LogP contribution in [0.15, 0.2) is 17.0 Å². The molecule has 2 rings (SSSR count). The van der Waals surface area contributed by atoms with Crippen molar-refractivity contribution in [1.82, 2.24) is 4.72 Å². The fourth-order valence-electron chi connectivity index (χ4n) is 2.72. The van der Waals surface area contributed by atoms with Gasteiger partial charge in [0.25, 0.3) is 0 Å². The molecule has 5 nitrogen and oxygen atoms in total. The largest absolute Gasteiger partial charge is 0.398 e. The number of ether oxygens (including phenoxy) is 1. The Labute approximate surface area is 126 Å². The van der Waals surface area contributed by atoms with Crippen LogP contribution in [0.3, 0.4) is 0 Å². The van der Waals surface area contributed by atoms with Gasteiger partial charge in [0.05, 0.1) is 11.8 Å². The van der Waals surface area contributed by atoms with Crippen LogP contribution in [-0.4, -0.2) is 27.7 Å². The van der Waals surface area contributed by atoms with E-state index in [1.165, 1.54) is 0 Å². The third-order valence-corrected chi connectivity index (χ3v) is 5.68. The molecule has 1 heterocycles. The molecule has 1 aliphatic rings. The van der Waals surface area contributed by atoms with E-state index in [4.69, 9.17) is 10.5 Å². The van der Waals surface area contributed by atoms with Crippen LogP contribution in [0.1, 0.15) is 30.9 Å².